The van der Waals surface area contributed by atoms with Crippen molar-refractivity contribution in [2.24, 2.45) is 5.73 Å². The fraction of sp³-hybridized carbons (Fsp3) is 0.222. The van der Waals surface area contributed by atoms with E-state index in [-0.39, 0.29) is 17.2 Å². The van der Waals surface area contributed by atoms with Crippen LogP contribution in [0.5, 0.6) is 11.5 Å². The third kappa shape index (κ3) is 2.07. The second-order valence-electron chi connectivity index (χ2n) is 2.85. The van der Waals surface area contributed by atoms with Crippen molar-refractivity contribution in [1.29, 1.82) is 0 Å². The van der Waals surface area contributed by atoms with Gasteiger partial charge in [-0.15, -0.1) is 0 Å². The Morgan fingerprint density at radius 3 is 2.79 bits per heavy atom. The molecule has 14 heavy (non-hydrogen) atoms. The Kier molecular flexibility index (Phi) is 2.81. The molecule has 5 nitrogen and oxygen atoms in total. The Hall–Kier alpha value is -1.91. The number of nitrogen functional groups attached to an aromatic ring is 1. The first-order valence-corrected chi connectivity index (χ1v) is 4.05. The molecule has 0 aliphatic carbocycles. The molecule has 0 aromatic heterocycles. The lowest BCUT2D eigenvalue weighted by Crippen LogP contribution is -2.30. The van der Waals surface area contributed by atoms with Gasteiger partial charge in [-0.05, 0) is 19.1 Å². The standard InChI is InChI=1S/C9H12N2O3/c1-5(9(11)13)14-7-4-2-3-6(12)8(7)10/h2-5,12H,10H2,1H3,(H2,11,13). The second-order valence-corrected chi connectivity index (χ2v) is 2.85. The number of rotatable bonds is 3. The molecule has 0 aliphatic heterocycles. The number of ether oxygens (including phenoxy) is 1. The monoisotopic (exact) mass is 196 g/mol. The van der Waals surface area contributed by atoms with Crippen LogP contribution in [0.25, 0.3) is 0 Å². The van der Waals surface area contributed by atoms with Crippen molar-refractivity contribution < 1.29 is 14.6 Å². The molecule has 0 saturated heterocycles. The van der Waals surface area contributed by atoms with E-state index < -0.39 is 12.0 Å². The number of benzene rings is 1. The molecule has 0 heterocycles. The van der Waals surface area contributed by atoms with E-state index in [9.17, 15) is 9.90 Å². The molecule has 0 fully saturated rings. The van der Waals surface area contributed by atoms with E-state index in [2.05, 4.69) is 0 Å². The molecule has 5 N–H and O–H groups in total. The van der Waals surface area contributed by atoms with E-state index in [0.717, 1.165) is 0 Å². The highest BCUT2D eigenvalue weighted by Crippen LogP contribution is 2.30. The second kappa shape index (κ2) is 3.87. The minimum Gasteiger partial charge on any atom is -0.506 e. The fourth-order valence-electron chi connectivity index (χ4n) is 0.884. The molecule has 1 amide bonds. The lowest BCUT2D eigenvalue weighted by molar-refractivity contribution is -0.123. The number of nitrogens with two attached hydrogens (primary N) is 2. The van der Waals surface area contributed by atoms with Gasteiger partial charge in [0.05, 0.1) is 0 Å². The van der Waals surface area contributed by atoms with Gasteiger partial charge in [-0.2, -0.15) is 0 Å². The van der Waals surface area contributed by atoms with Crippen LogP contribution in [0.1, 0.15) is 6.92 Å². The first-order valence-electron chi connectivity index (χ1n) is 4.05. The maximum absolute atomic E-state index is 10.7. The number of primary amides is 1. The van der Waals surface area contributed by atoms with E-state index in [0.29, 0.717) is 0 Å². The molecule has 0 bridgehead atoms. The Bertz CT molecular complexity index is 352. The number of aromatic hydroxyl groups is 1. The zero-order valence-electron chi connectivity index (χ0n) is 7.73. The van der Waals surface area contributed by atoms with Crippen molar-refractivity contribution in [2.75, 3.05) is 5.73 Å². The van der Waals surface area contributed by atoms with Crippen LogP contribution < -0.4 is 16.2 Å². The van der Waals surface area contributed by atoms with E-state index in [4.69, 9.17) is 16.2 Å². The number of phenolic OH excluding ortho intramolecular Hbond substituents is 1. The lowest BCUT2D eigenvalue weighted by atomic mass is 10.2. The summed E-state index contributed by atoms with van der Waals surface area (Å²) in [5.74, 6) is -0.428. The van der Waals surface area contributed by atoms with Crippen LogP contribution in [0.4, 0.5) is 5.69 Å². The Labute approximate surface area is 81.3 Å². The van der Waals surface area contributed by atoms with Crippen LogP contribution >= 0.6 is 0 Å². The highest BCUT2D eigenvalue weighted by molar-refractivity contribution is 5.79. The van der Waals surface area contributed by atoms with Crippen LogP contribution in [-0.4, -0.2) is 17.1 Å². The maximum atomic E-state index is 10.7. The van der Waals surface area contributed by atoms with Crippen molar-refractivity contribution in [1.82, 2.24) is 0 Å². The average molecular weight is 196 g/mol. The molecular weight excluding hydrogens is 184 g/mol. The zero-order valence-corrected chi connectivity index (χ0v) is 7.73. The van der Waals surface area contributed by atoms with E-state index in [1.165, 1.54) is 13.0 Å². The van der Waals surface area contributed by atoms with Crippen molar-refractivity contribution in [3.63, 3.8) is 0 Å². The summed E-state index contributed by atoms with van der Waals surface area (Å²) in [6, 6.07) is 4.54. The van der Waals surface area contributed by atoms with Crippen molar-refractivity contribution >= 4 is 11.6 Å². The quantitative estimate of drug-likeness (QED) is 0.476. The Balaban J connectivity index is 2.87. The minimum absolute atomic E-state index is 0.0841. The van der Waals surface area contributed by atoms with Crippen LogP contribution in [0.15, 0.2) is 18.2 Å². The molecule has 0 radical (unpaired) electrons. The van der Waals surface area contributed by atoms with E-state index in [1.54, 1.807) is 12.1 Å². The molecule has 1 atom stereocenters. The first kappa shape index (κ1) is 10.2. The molecule has 5 heteroatoms. The number of hydrogen-bond acceptors (Lipinski definition) is 4. The van der Waals surface area contributed by atoms with Crippen LogP contribution in [0, 0.1) is 0 Å². The Morgan fingerprint density at radius 1 is 1.57 bits per heavy atom. The fourth-order valence-corrected chi connectivity index (χ4v) is 0.884. The summed E-state index contributed by atoms with van der Waals surface area (Å²) in [5, 5.41) is 9.23. The lowest BCUT2D eigenvalue weighted by Gasteiger charge is -2.13. The zero-order chi connectivity index (χ0) is 10.7. The van der Waals surface area contributed by atoms with Crippen LogP contribution in [-0.2, 0) is 4.79 Å². The number of amides is 1. The van der Waals surface area contributed by atoms with Gasteiger partial charge in [-0.1, -0.05) is 6.07 Å². The van der Waals surface area contributed by atoms with Crippen LogP contribution in [0.2, 0.25) is 0 Å². The molecule has 1 aromatic rings. The largest absolute Gasteiger partial charge is 0.506 e. The highest BCUT2D eigenvalue weighted by Gasteiger charge is 2.13. The molecule has 0 saturated carbocycles. The number of hydrogen-bond donors (Lipinski definition) is 3. The van der Waals surface area contributed by atoms with E-state index in [1.807, 2.05) is 0 Å². The average Bonchev–Trinajstić information content (AvgIpc) is 2.12. The SMILES string of the molecule is CC(Oc1cccc(O)c1N)C(N)=O. The van der Waals surface area contributed by atoms with E-state index >= 15 is 0 Å². The predicted molar refractivity (Wildman–Crippen MR) is 51.8 cm³/mol. The summed E-state index contributed by atoms with van der Waals surface area (Å²) in [6.45, 7) is 1.51. The summed E-state index contributed by atoms with van der Waals surface area (Å²) in [7, 11) is 0. The number of phenols is 1. The van der Waals surface area contributed by atoms with Gasteiger partial charge in [0, 0.05) is 0 Å². The van der Waals surface area contributed by atoms with Gasteiger partial charge >= 0.3 is 0 Å². The molecule has 1 unspecified atom stereocenters. The normalized spacial score (nSPS) is 12.1. The number of anilines is 1. The summed E-state index contributed by atoms with van der Waals surface area (Å²) in [5.41, 5.74) is 10.6. The van der Waals surface area contributed by atoms with Gasteiger partial charge in [0.25, 0.3) is 5.91 Å². The predicted octanol–water partition coefficient (Wildman–Crippen LogP) is 0.227. The van der Waals surface area contributed by atoms with Gasteiger partial charge < -0.3 is 21.3 Å². The smallest absolute Gasteiger partial charge is 0.258 e. The van der Waals surface area contributed by atoms with Gasteiger partial charge in [-0.25, -0.2) is 0 Å². The van der Waals surface area contributed by atoms with Crippen molar-refractivity contribution in [3.8, 4) is 11.5 Å². The topological polar surface area (TPSA) is 98.6 Å². The number of carbonyl (C=O) groups excluding carboxylic acids is 1. The third-order valence-corrected chi connectivity index (χ3v) is 1.75. The van der Waals surface area contributed by atoms with Gasteiger partial charge in [0.15, 0.2) is 6.10 Å². The summed E-state index contributed by atoms with van der Waals surface area (Å²) >= 11 is 0. The van der Waals surface area contributed by atoms with Gasteiger partial charge in [-0.3, -0.25) is 4.79 Å². The Morgan fingerprint density at radius 2 is 2.21 bits per heavy atom. The third-order valence-electron chi connectivity index (χ3n) is 1.75. The summed E-state index contributed by atoms with van der Waals surface area (Å²) in [6.07, 6.45) is -0.779. The molecule has 0 aliphatic rings. The van der Waals surface area contributed by atoms with Crippen molar-refractivity contribution in [2.45, 2.75) is 13.0 Å². The summed E-state index contributed by atoms with van der Waals surface area (Å²) < 4.78 is 5.13. The van der Waals surface area contributed by atoms with Crippen LogP contribution in [0.3, 0.4) is 0 Å². The van der Waals surface area contributed by atoms with Crippen molar-refractivity contribution in [3.05, 3.63) is 18.2 Å². The molecule has 76 valence electrons. The van der Waals surface area contributed by atoms with Gasteiger partial charge in [0.2, 0.25) is 0 Å². The molecule has 1 rings (SSSR count). The number of para-hydroxylation sites is 1. The molecule has 1 aromatic carbocycles. The summed E-state index contributed by atoms with van der Waals surface area (Å²) in [4.78, 5) is 10.7. The maximum Gasteiger partial charge on any atom is 0.258 e. The molecular formula is C9H12N2O3. The minimum atomic E-state index is -0.779. The highest BCUT2D eigenvalue weighted by atomic mass is 16.5. The first-order chi connectivity index (χ1) is 6.52. The molecule has 0 spiro atoms. The number of carbonyl (C=O) groups is 1. The van der Waals surface area contributed by atoms with Gasteiger partial charge in [0.1, 0.15) is 17.2 Å².